The Morgan fingerprint density at radius 1 is 0.846 bits per heavy atom. The van der Waals surface area contributed by atoms with Crippen LogP contribution < -0.4 is 14.6 Å². The molecule has 0 aliphatic heterocycles. The molecule has 132 valence electrons. The number of carbonyl (C=O) groups excluding carboxylic acids is 1. The van der Waals surface area contributed by atoms with Gasteiger partial charge in [-0.2, -0.15) is 0 Å². The van der Waals surface area contributed by atoms with Gasteiger partial charge in [0.15, 0.2) is 18.1 Å². The number of para-hydroxylation sites is 3. The summed E-state index contributed by atoms with van der Waals surface area (Å²) in [5.74, 6) is 1.40. The van der Waals surface area contributed by atoms with Gasteiger partial charge in [-0.25, -0.2) is 4.57 Å². The number of amides is 1. The predicted octanol–water partition coefficient (Wildman–Crippen LogP) is 4.58. The molecule has 0 spiro atoms. The third-order valence-corrected chi connectivity index (χ3v) is 3.98. The van der Waals surface area contributed by atoms with E-state index in [1.54, 1.807) is 0 Å². The fraction of sp³-hybridized carbons (Fsp3) is 0.182. The molecule has 0 unspecified atom stereocenters. The molecule has 26 heavy (non-hydrogen) atoms. The summed E-state index contributed by atoms with van der Waals surface area (Å²) in [6.07, 6.45) is 6.38. The van der Waals surface area contributed by atoms with Crippen LogP contribution in [0.5, 0.6) is 11.5 Å². The summed E-state index contributed by atoms with van der Waals surface area (Å²) in [5, 5.41) is 2.96. The van der Waals surface area contributed by atoms with E-state index in [0.29, 0.717) is 17.9 Å². The number of nitrogens with zero attached hydrogens (tertiary/aromatic N) is 1. The Morgan fingerprint density at radius 2 is 1.54 bits per heavy atom. The molecule has 0 saturated heterocycles. The lowest BCUT2D eigenvalue weighted by Crippen LogP contribution is -2.32. The molecule has 1 aromatic heterocycles. The number of hydrogen-bond acceptors (Lipinski definition) is 2. The zero-order valence-corrected chi connectivity index (χ0v) is 14.7. The van der Waals surface area contributed by atoms with Crippen molar-refractivity contribution in [3.05, 3.63) is 85.2 Å². The lowest BCUT2D eigenvalue weighted by Gasteiger charge is -2.12. The van der Waals surface area contributed by atoms with E-state index in [2.05, 4.69) is 9.88 Å². The number of hydrogen-bond donors (Lipinski definition) is 1. The minimum absolute atomic E-state index is 0.00664. The maximum Gasteiger partial charge on any atom is 0.224 e. The van der Waals surface area contributed by atoms with E-state index in [9.17, 15) is 4.79 Å². The van der Waals surface area contributed by atoms with Crippen molar-refractivity contribution >= 4 is 11.6 Å². The fourth-order valence-corrected chi connectivity index (χ4v) is 2.65. The van der Waals surface area contributed by atoms with Crippen LogP contribution in [0.2, 0.25) is 0 Å². The van der Waals surface area contributed by atoms with Crippen LogP contribution in [0, 0.1) is 0 Å². The highest BCUT2D eigenvalue weighted by atomic mass is 16.5. The summed E-state index contributed by atoms with van der Waals surface area (Å²) in [7, 11) is 0. The number of unbranched alkanes of at least 4 members (excludes halogenated alkanes) is 1. The highest BCUT2D eigenvalue weighted by Gasteiger charge is 2.09. The highest BCUT2D eigenvalue weighted by molar-refractivity contribution is 5.92. The molecule has 2 aromatic carbocycles. The average molecular weight is 347 g/mol. The standard InChI is InChI=1S/C22H22N2O2/c25-22(15-7-10-18-24-16-8-2-9-17-24)23-20-13-5-6-14-21(20)26-19-11-3-1-4-12-19/h1-6,8-9,11-14,16-17H,7,10,15,18H2/p+1. The Bertz CT molecular complexity index is 820. The number of pyridine rings is 1. The zero-order valence-electron chi connectivity index (χ0n) is 14.7. The number of benzene rings is 2. The van der Waals surface area contributed by atoms with E-state index in [1.807, 2.05) is 85.2 Å². The van der Waals surface area contributed by atoms with Gasteiger partial charge in [-0.05, 0) is 30.7 Å². The third kappa shape index (κ3) is 5.45. The normalized spacial score (nSPS) is 10.3. The van der Waals surface area contributed by atoms with Crippen LogP contribution in [0.4, 0.5) is 5.69 Å². The molecule has 3 rings (SSSR count). The van der Waals surface area contributed by atoms with E-state index in [4.69, 9.17) is 4.74 Å². The first-order valence-corrected chi connectivity index (χ1v) is 8.87. The number of aryl methyl sites for hydroxylation is 1. The van der Waals surface area contributed by atoms with Gasteiger partial charge in [-0.3, -0.25) is 4.79 Å². The average Bonchev–Trinajstić information content (AvgIpc) is 2.68. The van der Waals surface area contributed by atoms with Gasteiger partial charge in [0.05, 0.1) is 5.69 Å². The number of ether oxygens (including phenoxy) is 1. The first kappa shape index (κ1) is 17.7. The van der Waals surface area contributed by atoms with Gasteiger partial charge in [0.25, 0.3) is 0 Å². The molecule has 0 atom stereocenters. The van der Waals surface area contributed by atoms with Crippen LogP contribution >= 0.6 is 0 Å². The fourth-order valence-electron chi connectivity index (χ4n) is 2.65. The molecule has 0 bridgehead atoms. The third-order valence-electron chi connectivity index (χ3n) is 3.98. The van der Waals surface area contributed by atoms with Gasteiger partial charge in [-0.15, -0.1) is 0 Å². The van der Waals surface area contributed by atoms with Gasteiger partial charge in [0.1, 0.15) is 12.3 Å². The molecule has 1 N–H and O–H groups in total. The SMILES string of the molecule is O=C(CCCC[n+]1ccccc1)Nc1ccccc1Oc1ccccc1. The van der Waals surface area contributed by atoms with Crippen LogP contribution in [0.1, 0.15) is 19.3 Å². The largest absolute Gasteiger partial charge is 0.455 e. The van der Waals surface area contributed by atoms with Crippen molar-refractivity contribution in [1.29, 1.82) is 0 Å². The zero-order chi connectivity index (χ0) is 18.0. The van der Waals surface area contributed by atoms with Crippen molar-refractivity contribution in [3.63, 3.8) is 0 Å². The molecule has 4 nitrogen and oxygen atoms in total. The number of nitrogens with one attached hydrogen (secondary N) is 1. The van der Waals surface area contributed by atoms with Crippen LogP contribution in [0.25, 0.3) is 0 Å². The molecule has 0 fully saturated rings. The Balaban J connectivity index is 1.49. The minimum atomic E-state index is 0.00664. The molecule has 3 aromatic rings. The van der Waals surface area contributed by atoms with Crippen molar-refractivity contribution < 1.29 is 14.1 Å². The summed E-state index contributed by atoms with van der Waals surface area (Å²) in [6, 6.07) is 23.1. The molecular weight excluding hydrogens is 324 g/mol. The quantitative estimate of drug-likeness (QED) is 0.479. The summed E-state index contributed by atoms with van der Waals surface area (Å²) in [6.45, 7) is 0.918. The lowest BCUT2D eigenvalue weighted by molar-refractivity contribution is -0.697. The van der Waals surface area contributed by atoms with Gasteiger partial charge in [0.2, 0.25) is 5.91 Å². The topological polar surface area (TPSA) is 42.2 Å². The predicted molar refractivity (Wildman–Crippen MR) is 102 cm³/mol. The highest BCUT2D eigenvalue weighted by Crippen LogP contribution is 2.29. The second kappa shape index (κ2) is 9.37. The van der Waals surface area contributed by atoms with E-state index < -0.39 is 0 Å². The van der Waals surface area contributed by atoms with E-state index in [1.165, 1.54) is 0 Å². The number of aromatic nitrogens is 1. The van der Waals surface area contributed by atoms with Crippen LogP contribution in [0.3, 0.4) is 0 Å². The van der Waals surface area contributed by atoms with Gasteiger partial charge < -0.3 is 10.1 Å². The Kier molecular flexibility index (Phi) is 6.37. The Labute approximate surface area is 154 Å². The summed E-state index contributed by atoms with van der Waals surface area (Å²) in [5.41, 5.74) is 0.693. The molecule has 1 amide bonds. The molecule has 4 heteroatoms. The molecule has 0 saturated carbocycles. The van der Waals surface area contributed by atoms with E-state index in [0.717, 1.165) is 25.1 Å². The number of carbonyl (C=O) groups is 1. The second-order valence-electron chi connectivity index (χ2n) is 6.03. The van der Waals surface area contributed by atoms with Crippen molar-refractivity contribution in [2.24, 2.45) is 0 Å². The van der Waals surface area contributed by atoms with Crippen LogP contribution in [0.15, 0.2) is 85.2 Å². The van der Waals surface area contributed by atoms with Crippen LogP contribution in [-0.4, -0.2) is 5.91 Å². The smallest absolute Gasteiger partial charge is 0.224 e. The summed E-state index contributed by atoms with van der Waals surface area (Å²) < 4.78 is 8.00. The number of anilines is 1. The maximum atomic E-state index is 12.3. The van der Waals surface area contributed by atoms with Crippen molar-refractivity contribution in [3.8, 4) is 11.5 Å². The molecular formula is C22H23N2O2+. The van der Waals surface area contributed by atoms with E-state index >= 15 is 0 Å². The summed E-state index contributed by atoms with van der Waals surface area (Å²) in [4.78, 5) is 12.3. The second-order valence-corrected chi connectivity index (χ2v) is 6.03. The Hall–Kier alpha value is -3.14. The molecule has 1 heterocycles. The van der Waals surface area contributed by atoms with Crippen molar-refractivity contribution in [1.82, 2.24) is 0 Å². The maximum absolute atomic E-state index is 12.3. The molecule has 0 aliphatic carbocycles. The van der Waals surface area contributed by atoms with Crippen LogP contribution in [-0.2, 0) is 11.3 Å². The Morgan fingerprint density at radius 3 is 2.35 bits per heavy atom. The van der Waals surface area contributed by atoms with Gasteiger partial charge >= 0.3 is 0 Å². The molecule has 0 radical (unpaired) electrons. The lowest BCUT2D eigenvalue weighted by atomic mass is 10.2. The number of rotatable bonds is 8. The van der Waals surface area contributed by atoms with Crippen molar-refractivity contribution in [2.75, 3.05) is 5.32 Å². The van der Waals surface area contributed by atoms with E-state index in [-0.39, 0.29) is 5.91 Å². The minimum Gasteiger partial charge on any atom is -0.455 e. The van der Waals surface area contributed by atoms with Gasteiger partial charge in [0, 0.05) is 25.0 Å². The molecule has 0 aliphatic rings. The summed E-state index contributed by atoms with van der Waals surface area (Å²) >= 11 is 0. The first-order chi connectivity index (χ1) is 12.8. The monoisotopic (exact) mass is 347 g/mol. The van der Waals surface area contributed by atoms with Gasteiger partial charge in [-0.1, -0.05) is 36.4 Å². The first-order valence-electron chi connectivity index (χ1n) is 8.87. The van der Waals surface area contributed by atoms with Crippen molar-refractivity contribution in [2.45, 2.75) is 25.8 Å².